The molecule has 0 heterocycles. The molecule has 0 aliphatic heterocycles. The van der Waals surface area contributed by atoms with Gasteiger partial charge in [0.1, 0.15) is 0 Å². The van der Waals surface area contributed by atoms with E-state index in [4.69, 9.17) is 2.51 Å². The molecular weight excluding hydrogens is 471 g/mol. The van der Waals surface area contributed by atoms with Crippen molar-refractivity contribution in [3.63, 3.8) is 0 Å². The Balaban J connectivity index is 2.09. The first-order valence-corrected chi connectivity index (χ1v) is 13.1. The number of hydrogen-bond acceptors (Lipinski definition) is 3. The van der Waals surface area contributed by atoms with E-state index in [-0.39, 0.29) is 4.90 Å². The Bertz CT molecular complexity index is 1010. The first kappa shape index (κ1) is 20.0. The molecule has 3 nitrogen and oxygen atoms in total. The zero-order valence-corrected chi connectivity index (χ0v) is 18.8. The van der Waals surface area contributed by atoms with Gasteiger partial charge in [-0.3, -0.25) is 0 Å². The Kier molecular flexibility index (Phi) is 6.03. The topological polar surface area (TPSA) is 43.4 Å². The molecule has 0 bridgehead atoms. The van der Waals surface area contributed by atoms with Crippen LogP contribution in [0.4, 0.5) is 0 Å². The Labute approximate surface area is 169 Å². The van der Waals surface area contributed by atoms with E-state index in [1.165, 1.54) is 11.1 Å². The van der Waals surface area contributed by atoms with Crippen LogP contribution in [0.5, 0.6) is 0 Å². The zero-order chi connectivity index (χ0) is 19.6. The molecule has 0 aliphatic carbocycles. The minimum absolute atomic E-state index is 0.194. The van der Waals surface area contributed by atoms with Crippen LogP contribution in [0.25, 0.3) is 0 Å². The molecule has 3 aromatic carbocycles. The van der Waals surface area contributed by atoms with E-state index in [2.05, 4.69) is 26.0 Å². The quantitative estimate of drug-likeness (QED) is 0.422. The molecule has 0 spiro atoms. The average molecular weight is 494 g/mol. The molecule has 27 heavy (non-hydrogen) atoms. The second-order valence-corrected chi connectivity index (χ2v) is 13.0. The third-order valence-electron chi connectivity index (χ3n) is 4.51. The number of rotatable bonds is 5. The number of aryl methyl sites for hydroxylation is 4. The Morgan fingerprint density at radius 2 is 1.15 bits per heavy atom. The van der Waals surface area contributed by atoms with E-state index in [0.29, 0.717) is 0 Å². The predicted molar refractivity (Wildman–Crippen MR) is 118 cm³/mol. The van der Waals surface area contributed by atoms with Gasteiger partial charge < -0.3 is 0 Å². The molecule has 0 radical (unpaired) electrons. The van der Waals surface area contributed by atoms with Gasteiger partial charge in [-0.05, 0) is 0 Å². The van der Waals surface area contributed by atoms with Crippen molar-refractivity contribution in [2.75, 3.05) is 0 Å². The van der Waals surface area contributed by atoms with Crippen LogP contribution in [-0.2, 0) is 12.6 Å². The maximum atomic E-state index is 12.9. The van der Waals surface area contributed by atoms with Gasteiger partial charge in [0.25, 0.3) is 0 Å². The van der Waals surface area contributed by atoms with E-state index < -0.39 is 30.4 Å². The van der Waals surface area contributed by atoms with Crippen molar-refractivity contribution in [3.05, 3.63) is 96.1 Å². The molecule has 5 heteroatoms. The summed E-state index contributed by atoms with van der Waals surface area (Å²) in [4.78, 5) is 0.194. The molecule has 0 saturated heterocycles. The van der Waals surface area contributed by atoms with Crippen molar-refractivity contribution < 1.29 is 10.9 Å². The summed E-state index contributed by atoms with van der Waals surface area (Å²) in [6.45, 7) is 8.18. The van der Waals surface area contributed by atoms with Crippen LogP contribution < -0.4 is 0 Å². The minimum atomic E-state index is -3.83. The molecule has 0 saturated carbocycles. The van der Waals surface area contributed by atoms with Crippen LogP contribution in [0, 0.1) is 34.8 Å². The van der Waals surface area contributed by atoms with Crippen LogP contribution >= 0.6 is 20.2 Å². The van der Waals surface area contributed by atoms with E-state index in [1.54, 1.807) is 30.3 Å². The first-order chi connectivity index (χ1) is 12.8. The van der Waals surface area contributed by atoms with Gasteiger partial charge in [-0.25, -0.2) is 0 Å². The van der Waals surface area contributed by atoms with E-state index in [0.717, 1.165) is 18.3 Å². The number of halogens is 1. The zero-order valence-electron chi connectivity index (χ0n) is 15.9. The van der Waals surface area contributed by atoms with Gasteiger partial charge in [-0.15, -0.1) is 0 Å². The van der Waals surface area contributed by atoms with Gasteiger partial charge >= 0.3 is 170 Å². The predicted octanol–water partition coefficient (Wildman–Crippen LogP) is 5.79. The standard InChI is InChI=1S/C22H23IO3S/c1-16-10-12-20(14-18(16)3)23(21-13-11-17(2)19(4)15-21)26-27(24,25)22-8-6-5-7-9-22/h5-15H,1-4H3. The van der Waals surface area contributed by atoms with Gasteiger partial charge in [-0.2, -0.15) is 0 Å². The van der Waals surface area contributed by atoms with Crippen molar-refractivity contribution in [1.82, 2.24) is 0 Å². The number of benzene rings is 3. The number of hydrogen-bond donors (Lipinski definition) is 0. The normalized spacial score (nSPS) is 12.1. The summed E-state index contributed by atoms with van der Waals surface area (Å²) in [5.41, 5.74) is 4.64. The molecule has 3 rings (SSSR count). The third-order valence-corrected chi connectivity index (χ3v) is 11.8. The van der Waals surface area contributed by atoms with Crippen molar-refractivity contribution >= 4 is 30.4 Å². The Hall–Kier alpha value is -1.70. The Morgan fingerprint density at radius 1 is 0.667 bits per heavy atom. The molecule has 0 aromatic heterocycles. The molecule has 0 amide bonds. The molecule has 0 aliphatic rings. The molecule has 0 fully saturated rings. The van der Waals surface area contributed by atoms with Crippen molar-refractivity contribution in [2.24, 2.45) is 0 Å². The summed E-state index contributed by atoms with van der Waals surface area (Å²) in [5, 5.41) is 0. The van der Waals surface area contributed by atoms with Crippen LogP contribution in [0.3, 0.4) is 0 Å². The fourth-order valence-electron chi connectivity index (χ4n) is 2.53. The average Bonchev–Trinajstić information content (AvgIpc) is 2.65. The van der Waals surface area contributed by atoms with Gasteiger partial charge in [0.15, 0.2) is 0 Å². The summed E-state index contributed by atoms with van der Waals surface area (Å²) in [7, 11) is -3.83. The van der Waals surface area contributed by atoms with Gasteiger partial charge in [0.2, 0.25) is 0 Å². The summed E-state index contributed by atoms with van der Waals surface area (Å²) in [6.07, 6.45) is 0. The van der Waals surface area contributed by atoms with Gasteiger partial charge in [0, 0.05) is 0 Å². The SMILES string of the molecule is Cc1ccc(I(OS(=O)(=O)c2ccccc2)c2ccc(C)c(C)c2)cc1C. The van der Waals surface area contributed by atoms with Crippen LogP contribution in [0.1, 0.15) is 22.3 Å². The fourth-order valence-corrected chi connectivity index (χ4v) is 9.92. The summed E-state index contributed by atoms with van der Waals surface area (Å²) >= 11 is -2.65. The molecule has 0 unspecified atom stereocenters. The summed E-state index contributed by atoms with van der Waals surface area (Å²) in [5.74, 6) is 0. The second kappa shape index (κ2) is 8.12. The van der Waals surface area contributed by atoms with E-state index in [1.807, 2.05) is 38.1 Å². The van der Waals surface area contributed by atoms with Gasteiger partial charge in [-0.1, -0.05) is 0 Å². The van der Waals surface area contributed by atoms with Gasteiger partial charge in [0.05, 0.1) is 0 Å². The van der Waals surface area contributed by atoms with Crippen molar-refractivity contribution in [2.45, 2.75) is 32.6 Å². The monoisotopic (exact) mass is 494 g/mol. The third kappa shape index (κ3) is 4.59. The van der Waals surface area contributed by atoms with Crippen LogP contribution in [0.2, 0.25) is 0 Å². The summed E-state index contributed by atoms with van der Waals surface area (Å²) < 4.78 is 33.7. The molecule has 142 valence electrons. The van der Waals surface area contributed by atoms with Crippen molar-refractivity contribution in [1.29, 1.82) is 0 Å². The van der Waals surface area contributed by atoms with E-state index >= 15 is 0 Å². The van der Waals surface area contributed by atoms with Crippen molar-refractivity contribution in [3.8, 4) is 0 Å². The summed E-state index contributed by atoms with van der Waals surface area (Å²) in [6, 6.07) is 20.6. The second-order valence-electron chi connectivity index (χ2n) is 6.54. The molecule has 3 aromatic rings. The molecule has 0 atom stereocenters. The van der Waals surface area contributed by atoms with Crippen LogP contribution in [0.15, 0.2) is 71.6 Å². The Morgan fingerprint density at radius 3 is 1.59 bits per heavy atom. The van der Waals surface area contributed by atoms with Crippen LogP contribution in [-0.4, -0.2) is 8.42 Å². The maximum absolute atomic E-state index is 12.9. The first-order valence-electron chi connectivity index (χ1n) is 8.62. The molecular formula is C22H23IO3S. The molecule has 0 N–H and O–H groups in total. The van der Waals surface area contributed by atoms with E-state index in [9.17, 15) is 8.42 Å². The fraction of sp³-hybridized carbons (Fsp3) is 0.182.